The Morgan fingerprint density at radius 1 is 1.32 bits per heavy atom. The van der Waals surface area contributed by atoms with Gasteiger partial charge in [-0.25, -0.2) is 0 Å². The average Bonchev–Trinajstić information content (AvgIpc) is 2.32. The zero-order valence-electron chi connectivity index (χ0n) is 12.4. The molecular weight excluding hydrogens is 240 g/mol. The van der Waals surface area contributed by atoms with E-state index in [1.165, 1.54) is 5.56 Å². The smallest absolute Gasteiger partial charge is 0.241 e. The number of amides is 1. The van der Waals surface area contributed by atoms with Crippen LogP contribution in [0.15, 0.2) is 12.1 Å². The molecule has 0 radical (unpaired) electrons. The maximum absolute atomic E-state index is 12.2. The van der Waals surface area contributed by atoms with Gasteiger partial charge in [-0.15, -0.1) is 0 Å². The predicted molar refractivity (Wildman–Crippen MR) is 78.5 cm³/mol. The van der Waals surface area contributed by atoms with E-state index >= 15 is 0 Å². The van der Waals surface area contributed by atoms with E-state index < -0.39 is 0 Å². The van der Waals surface area contributed by atoms with Gasteiger partial charge >= 0.3 is 0 Å². The Bertz CT molecular complexity index is 434. The van der Waals surface area contributed by atoms with Crippen LogP contribution in [0.2, 0.25) is 0 Å². The molecule has 1 aromatic carbocycles. The van der Waals surface area contributed by atoms with Gasteiger partial charge < -0.3 is 10.4 Å². The molecule has 4 nitrogen and oxygen atoms in total. The van der Waals surface area contributed by atoms with Crippen LogP contribution in [0.3, 0.4) is 0 Å². The van der Waals surface area contributed by atoms with Crippen LogP contribution in [0.1, 0.15) is 23.6 Å². The second kappa shape index (κ2) is 6.68. The molecule has 2 N–H and O–H groups in total. The number of rotatable bonds is 5. The minimum absolute atomic E-state index is 0.0500. The Morgan fingerprint density at radius 3 is 2.32 bits per heavy atom. The second-order valence-corrected chi connectivity index (χ2v) is 5.14. The summed E-state index contributed by atoms with van der Waals surface area (Å²) >= 11 is 0. The van der Waals surface area contributed by atoms with Gasteiger partial charge in [-0.2, -0.15) is 0 Å². The zero-order valence-corrected chi connectivity index (χ0v) is 12.4. The molecule has 1 amide bonds. The summed E-state index contributed by atoms with van der Waals surface area (Å²) in [6.45, 7) is 8.42. The van der Waals surface area contributed by atoms with Crippen molar-refractivity contribution in [3.05, 3.63) is 28.8 Å². The molecule has 1 aromatic rings. The van der Waals surface area contributed by atoms with Crippen molar-refractivity contribution >= 4 is 11.6 Å². The molecule has 0 spiro atoms. The number of likely N-dealkylation sites (N-methyl/N-ethyl adjacent to an activating group) is 1. The van der Waals surface area contributed by atoms with Crippen molar-refractivity contribution in [2.24, 2.45) is 0 Å². The molecule has 0 bridgehead atoms. The molecule has 0 aromatic heterocycles. The molecule has 1 rings (SSSR count). The van der Waals surface area contributed by atoms with Gasteiger partial charge in [0.2, 0.25) is 5.91 Å². The molecular formula is C15H24N2O2. The Kier molecular flexibility index (Phi) is 5.51. The van der Waals surface area contributed by atoms with Gasteiger partial charge in [0.15, 0.2) is 0 Å². The summed E-state index contributed by atoms with van der Waals surface area (Å²) in [4.78, 5) is 14.0. The Labute approximate surface area is 115 Å². The normalized spacial score (nSPS) is 12.6. The largest absolute Gasteiger partial charge is 0.395 e. The van der Waals surface area contributed by atoms with E-state index in [4.69, 9.17) is 5.11 Å². The van der Waals surface area contributed by atoms with Crippen molar-refractivity contribution in [3.63, 3.8) is 0 Å². The van der Waals surface area contributed by atoms with Gasteiger partial charge in [0.05, 0.1) is 12.6 Å². The number of aliphatic hydroxyl groups excluding tert-OH is 1. The molecule has 19 heavy (non-hydrogen) atoms. The Hall–Kier alpha value is -1.39. The summed E-state index contributed by atoms with van der Waals surface area (Å²) in [7, 11) is 1.83. The van der Waals surface area contributed by atoms with Gasteiger partial charge in [0, 0.05) is 12.2 Å². The second-order valence-electron chi connectivity index (χ2n) is 5.14. The Balaban J connectivity index is 2.83. The summed E-state index contributed by atoms with van der Waals surface area (Å²) < 4.78 is 0. The lowest BCUT2D eigenvalue weighted by molar-refractivity contribution is -0.120. The van der Waals surface area contributed by atoms with E-state index in [1.54, 1.807) is 0 Å². The van der Waals surface area contributed by atoms with Gasteiger partial charge in [-0.3, -0.25) is 9.69 Å². The molecule has 0 fully saturated rings. The maximum atomic E-state index is 12.2. The lowest BCUT2D eigenvalue weighted by atomic mass is 10.0. The third kappa shape index (κ3) is 4.04. The molecule has 106 valence electrons. The molecule has 0 aliphatic rings. The first-order chi connectivity index (χ1) is 8.86. The van der Waals surface area contributed by atoms with Crippen LogP contribution in [-0.4, -0.2) is 42.2 Å². The van der Waals surface area contributed by atoms with E-state index in [1.807, 2.05) is 39.6 Å². The van der Waals surface area contributed by atoms with Crippen molar-refractivity contribution in [3.8, 4) is 0 Å². The summed E-state index contributed by atoms with van der Waals surface area (Å²) in [6, 6.07) is 3.85. The third-order valence-corrected chi connectivity index (χ3v) is 3.42. The summed E-state index contributed by atoms with van der Waals surface area (Å²) in [5.74, 6) is -0.0500. The molecule has 1 atom stereocenters. The lowest BCUT2D eigenvalue weighted by Gasteiger charge is -2.24. The van der Waals surface area contributed by atoms with E-state index in [0.29, 0.717) is 6.54 Å². The van der Waals surface area contributed by atoms with E-state index in [9.17, 15) is 4.79 Å². The first-order valence-corrected chi connectivity index (χ1v) is 6.56. The summed E-state index contributed by atoms with van der Waals surface area (Å²) in [5.41, 5.74) is 4.23. The number of hydrogen-bond donors (Lipinski definition) is 2. The molecule has 0 heterocycles. The number of anilines is 1. The average molecular weight is 264 g/mol. The molecule has 4 heteroatoms. The topological polar surface area (TPSA) is 52.6 Å². The van der Waals surface area contributed by atoms with Crippen LogP contribution < -0.4 is 5.32 Å². The number of nitrogens with zero attached hydrogens (tertiary/aromatic N) is 1. The highest BCUT2D eigenvalue weighted by atomic mass is 16.3. The minimum atomic E-state index is -0.271. The Morgan fingerprint density at radius 2 is 1.84 bits per heavy atom. The lowest BCUT2D eigenvalue weighted by Crippen LogP contribution is -2.41. The van der Waals surface area contributed by atoms with Crippen molar-refractivity contribution in [1.82, 2.24) is 4.90 Å². The van der Waals surface area contributed by atoms with Crippen LogP contribution in [0, 0.1) is 20.8 Å². The van der Waals surface area contributed by atoms with Gasteiger partial charge in [0.1, 0.15) is 0 Å². The molecule has 0 saturated carbocycles. The van der Waals surface area contributed by atoms with Gasteiger partial charge in [-0.05, 0) is 45.9 Å². The van der Waals surface area contributed by atoms with Crippen LogP contribution in [0.25, 0.3) is 0 Å². The summed E-state index contributed by atoms with van der Waals surface area (Å²) in [5, 5.41) is 11.9. The van der Waals surface area contributed by atoms with Crippen LogP contribution in [0.5, 0.6) is 0 Å². The summed E-state index contributed by atoms with van der Waals surface area (Å²) in [6.07, 6.45) is 0. The number of carbonyl (C=O) groups is 1. The monoisotopic (exact) mass is 264 g/mol. The van der Waals surface area contributed by atoms with Crippen molar-refractivity contribution in [1.29, 1.82) is 0 Å². The zero-order chi connectivity index (χ0) is 14.6. The number of hydrogen-bond acceptors (Lipinski definition) is 3. The third-order valence-electron chi connectivity index (χ3n) is 3.42. The highest BCUT2D eigenvalue weighted by Gasteiger charge is 2.18. The minimum Gasteiger partial charge on any atom is -0.395 e. The van der Waals surface area contributed by atoms with Crippen molar-refractivity contribution < 1.29 is 9.90 Å². The molecule has 1 unspecified atom stereocenters. The van der Waals surface area contributed by atoms with Crippen LogP contribution in [-0.2, 0) is 4.79 Å². The van der Waals surface area contributed by atoms with E-state index in [-0.39, 0.29) is 18.6 Å². The highest BCUT2D eigenvalue weighted by molar-refractivity contribution is 5.95. The number of aryl methyl sites for hydroxylation is 3. The van der Waals surface area contributed by atoms with Gasteiger partial charge in [-0.1, -0.05) is 17.7 Å². The standard InChI is InChI=1S/C15H24N2O2/c1-10-8-11(2)14(12(3)9-10)16-15(19)13(4)17(5)6-7-18/h8-9,13,18H,6-7H2,1-5H3,(H,16,19). The molecule has 0 aliphatic heterocycles. The quantitative estimate of drug-likeness (QED) is 0.853. The number of benzene rings is 1. The number of aliphatic hydroxyl groups is 1. The molecule has 0 saturated heterocycles. The number of nitrogens with one attached hydrogen (secondary N) is 1. The van der Waals surface area contributed by atoms with Crippen LogP contribution in [0.4, 0.5) is 5.69 Å². The SMILES string of the molecule is Cc1cc(C)c(NC(=O)C(C)N(C)CCO)c(C)c1. The predicted octanol–water partition coefficient (Wildman–Crippen LogP) is 1.86. The maximum Gasteiger partial charge on any atom is 0.241 e. The fourth-order valence-corrected chi connectivity index (χ4v) is 2.16. The highest BCUT2D eigenvalue weighted by Crippen LogP contribution is 2.22. The molecule has 0 aliphatic carbocycles. The first-order valence-electron chi connectivity index (χ1n) is 6.56. The van der Waals surface area contributed by atoms with Crippen LogP contribution >= 0.6 is 0 Å². The van der Waals surface area contributed by atoms with Crippen molar-refractivity contribution in [2.75, 3.05) is 25.5 Å². The first kappa shape index (κ1) is 15.7. The van der Waals surface area contributed by atoms with E-state index in [0.717, 1.165) is 16.8 Å². The fourth-order valence-electron chi connectivity index (χ4n) is 2.16. The number of carbonyl (C=O) groups excluding carboxylic acids is 1. The van der Waals surface area contributed by atoms with Crippen molar-refractivity contribution in [2.45, 2.75) is 33.7 Å². The fraction of sp³-hybridized carbons (Fsp3) is 0.533. The van der Waals surface area contributed by atoms with E-state index in [2.05, 4.69) is 17.4 Å². The van der Waals surface area contributed by atoms with Gasteiger partial charge in [0.25, 0.3) is 0 Å².